The van der Waals surface area contributed by atoms with Crippen molar-refractivity contribution in [2.45, 2.75) is 6.04 Å². The van der Waals surface area contributed by atoms with Crippen molar-refractivity contribution in [1.82, 2.24) is 10.9 Å². The molecule has 15 heteroatoms. The fourth-order valence-electron chi connectivity index (χ4n) is 3.75. The number of nitrogens with one attached hydrogen (secondary N) is 3. The average molecular weight is 762 g/mol. The summed E-state index contributed by atoms with van der Waals surface area (Å²) in [5.41, 5.74) is 5.59. The van der Waals surface area contributed by atoms with Crippen molar-refractivity contribution in [2.75, 3.05) is 5.32 Å². The number of hydrazone groups is 2. The first kappa shape index (κ1) is 30.9. The van der Waals surface area contributed by atoms with Crippen LogP contribution in [0.3, 0.4) is 0 Å². The Balaban J connectivity index is 1.57. The molecular weight excluding hydrogens is 741 g/mol. The maximum Gasteiger partial charge on any atom is 0.272 e. The highest BCUT2D eigenvalue weighted by Crippen LogP contribution is 2.40. The molecule has 4 aromatic carbocycles. The van der Waals surface area contributed by atoms with Crippen LogP contribution in [0.1, 0.15) is 11.1 Å². The number of phenolic OH excluding ortho intramolecular Hbond substituents is 4. The highest BCUT2D eigenvalue weighted by Gasteiger charge is 2.27. The molecule has 4 rings (SSSR count). The van der Waals surface area contributed by atoms with Crippen molar-refractivity contribution in [2.24, 2.45) is 10.2 Å². The predicted octanol–water partition coefficient (Wildman–Crippen LogP) is 3.29. The molecule has 4 aromatic rings. The van der Waals surface area contributed by atoms with Crippen LogP contribution in [0.25, 0.3) is 10.8 Å². The van der Waals surface area contributed by atoms with Crippen LogP contribution >= 0.6 is 47.8 Å². The monoisotopic (exact) mass is 759 g/mol. The average Bonchev–Trinajstić information content (AvgIpc) is 2.98. The summed E-state index contributed by atoms with van der Waals surface area (Å²) in [6, 6.07) is 14.2. The van der Waals surface area contributed by atoms with Crippen molar-refractivity contribution < 1.29 is 30.0 Å². The van der Waals surface area contributed by atoms with Gasteiger partial charge in [0.2, 0.25) is 0 Å². The summed E-state index contributed by atoms with van der Waals surface area (Å²) in [7, 11) is 1.51. The number of carbonyl (C=O) groups excluding carboxylic acids is 2. The molecule has 0 heterocycles. The molecule has 11 nitrogen and oxygen atoms in total. The van der Waals surface area contributed by atoms with Crippen molar-refractivity contribution in [1.29, 1.82) is 0 Å². The SMILES string of the molecule is Bc1c(O)c(Br)cc(/C=N/NC(=O)C(Nc2ccc3ccccc3c2)C(=O)N/N=C/c2cc(Br)c(O)c(Br)c2O)c1O. The van der Waals surface area contributed by atoms with Gasteiger partial charge < -0.3 is 25.7 Å². The second-order valence-corrected chi connectivity index (χ2v) is 11.3. The number of nitrogens with zero attached hydrogens (tertiary/aromatic N) is 2. The highest BCUT2D eigenvalue weighted by atomic mass is 79.9. The predicted molar refractivity (Wildman–Crippen MR) is 174 cm³/mol. The topological polar surface area (TPSA) is 176 Å². The number of phenols is 4. The molecule has 214 valence electrons. The molecule has 0 aliphatic heterocycles. The van der Waals surface area contributed by atoms with Gasteiger partial charge in [0.25, 0.3) is 11.8 Å². The van der Waals surface area contributed by atoms with E-state index in [0.29, 0.717) is 10.2 Å². The zero-order valence-corrected chi connectivity index (χ0v) is 26.3. The molecule has 1 atom stereocenters. The van der Waals surface area contributed by atoms with Crippen LogP contribution in [0, 0.1) is 0 Å². The number of anilines is 1. The van der Waals surface area contributed by atoms with Crippen molar-refractivity contribution in [3.8, 4) is 23.0 Å². The van der Waals surface area contributed by atoms with E-state index in [2.05, 4.69) is 74.2 Å². The van der Waals surface area contributed by atoms with Gasteiger partial charge >= 0.3 is 0 Å². The molecule has 0 radical (unpaired) electrons. The third-order valence-electron chi connectivity index (χ3n) is 6.03. The molecule has 7 N–H and O–H groups in total. The Morgan fingerprint density at radius 1 is 0.738 bits per heavy atom. The number of benzene rings is 4. The number of hydrogen-bond donors (Lipinski definition) is 7. The number of aromatic hydroxyl groups is 4. The molecule has 1 unspecified atom stereocenters. The van der Waals surface area contributed by atoms with E-state index in [-0.39, 0.29) is 48.5 Å². The Hall–Kier alpha value is -4.08. The minimum atomic E-state index is -1.52. The Morgan fingerprint density at radius 2 is 1.29 bits per heavy atom. The summed E-state index contributed by atoms with van der Waals surface area (Å²) in [5.74, 6) is -2.60. The fraction of sp³-hybridized carbons (Fsp3) is 0.0370. The van der Waals surface area contributed by atoms with Crippen molar-refractivity contribution in [3.63, 3.8) is 0 Å². The molecular formula is C27H21BBr3N5O6. The van der Waals surface area contributed by atoms with Gasteiger partial charge in [-0.05, 0) is 88.3 Å². The lowest BCUT2D eigenvalue weighted by molar-refractivity contribution is -0.130. The van der Waals surface area contributed by atoms with Gasteiger partial charge in [-0.15, -0.1) is 0 Å². The first-order valence-electron chi connectivity index (χ1n) is 12.0. The van der Waals surface area contributed by atoms with Crippen LogP contribution in [0.2, 0.25) is 0 Å². The van der Waals surface area contributed by atoms with E-state index in [1.165, 1.54) is 20.0 Å². The van der Waals surface area contributed by atoms with Gasteiger partial charge in [-0.25, -0.2) is 10.9 Å². The lowest BCUT2D eigenvalue weighted by atomic mass is 9.92. The quantitative estimate of drug-likeness (QED) is 0.0624. The Morgan fingerprint density at radius 3 is 1.90 bits per heavy atom. The van der Waals surface area contributed by atoms with Crippen LogP contribution in [0.4, 0.5) is 5.69 Å². The minimum Gasteiger partial charge on any atom is -0.508 e. The first-order valence-corrected chi connectivity index (χ1v) is 14.4. The van der Waals surface area contributed by atoms with Crippen molar-refractivity contribution >= 4 is 102 Å². The van der Waals surface area contributed by atoms with Crippen LogP contribution in [-0.2, 0) is 9.59 Å². The van der Waals surface area contributed by atoms with Crippen LogP contribution < -0.4 is 21.6 Å². The fourth-order valence-corrected chi connectivity index (χ4v) is 5.45. The molecule has 0 fully saturated rings. The van der Waals surface area contributed by atoms with E-state index in [4.69, 9.17) is 0 Å². The summed E-state index contributed by atoms with van der Waals surface area (Å²) in [4.78, 5) is 26.3. The molecule has 0 aromatic heterocycles. The summed E-state index contributed by atoms with van der Waals surface area (Å²) in [6.45, 7) is 0. The molecule has 42 heavy (non-hydrogen) atoms. The number of halogens is 3. The van der Waals surface area contributed by atoms with Gasteiger partial charge in [-0.1, -0.05) is 30.3 Å². The van der Waals surface area contributed by atoms with Gasteiger partial charge in [-0.3, -0.25) is 9.59 Å². The molecule has 0 aliphatic carbocycles. The lowest BCUT2D eigenvalue weighted by Crippen LogP contribution is -2.47. The molecule has 0 bridgehead atoms. The normalized spacial score (nSPS) is 12.1. The number of carbonyl (C=O) groups is 2. The van der Waals surface area contributed by atoms with E-state index in [1.54, 1.807) is 12.1 Å². The second kappa shape index (κ2) is 13.3. The molecule has 2 amide bonds. The maximum absolute atomic E-state index is 13.1. The third-order valence-corrected chi connectivity index (χ3v) is 7.99. The van der Waals surface area contributed by atoms with E-state index >= 15 is 0 Å². The molecule has 0 aliphatic rings. The van der Waals surface area contributed by atoms with Crippen LogP contribution in [-0.4, -0.2) is 58.6 Å². The number of rotatable bonds is 8. The van der Waals surface area contributed by atoms with Gasteiger partial charge in [0, 0.05) is 16.8 Å². The summed E-state index contributed by atoms with van der Waals surface area (Å²) in [5, 5.41) is 52.8. The van der Waals surface area contributed by atoms with Crippen LogP contribution in [0.5, 0.6) is 23.0 Å². The zero-order chi connectivity index (χ0) is 30.6. The van der Waals surface area contributed by atoms with E-state index < -0.39 is 17.9 Å². The summed E-state index contributed by atoms with van der Waals surface area (Å²) in [6.07, 6.45) is 2.30. The third kappa shape index (κ3) is 6.86. The van der Waals surface area contributed by atoms with Gasteiger partial charge in [0.15, 0.2) is 6.04 Å². The smallest absolute Gasteiger partial charge is 0.272 e. The molecule has 0 saturated carbocycles. The summed E-state index contributed by atoms with van der Waals surface area (Å²) >= 11 is 9.41. The minimum absolute atomic E-state index is 0.0274. The van der Waals surface area contributed by atoms with Gasteiger partial charge in [0.1, 0.15) is 35.3 Å². The highest BCUT2D eigenvalue weighted by molar-refractivity contribution is 9.11. The Labute approximate surface area is 265 Å². The number of fused-ring (bicyclic) bond motifs is 1. The standard InChI is InChI=1S/C27H21BBr3N5O6/c28-19-22(37)14(8-17(29)24(19)39)10-32-35-26(41)21(34-16-6-5-12-3-1-2-4-13(12)7-16)27(42)36-33-11-15-9-18(30)25(40)20(31)23(15)38/h1-11,21,34,37-40H,28H2,(H,35,41)(H,36,42)/b32-10+,33-11+. The zero-order valence-electron chi connectivity index (χ0n) is 21.6. The van der Waals surface area contributed by atoms with Crippen LogP contribution in [0.15, 0.2) is 78.2 Å². The molecule has 0 spiro atoms. The van der Waals surface area contributed by atoms with E-state index in [9.17, 15) is 30.0 Å². The molecule has 0 saturated heterocycles. The van der Waals surface area contributed by atoms with E-state index in [0.717, 1.165) is 23.2 Å². The second-order valence-electron chi connectivity index (χ2n) is 8.84. The van der Waals surface area contributed by atoms with Gasteiger partial charge in [-0.2, -0.15) is 10.2 Å². The maximum atomic E-state index is 13.1. The van der Waals surface area contributed by atoms with Crippen molar-refractivity contribution in [3.05, 3.63) is 79.1 Å². The summed E-state index contributed by atoms with van der Waals surface area (Å²) < 4.78 is 0.618. The number of amides is 2. The lowest BCUT2D eigenvalue weighted by Gasteiger charge is -2.17. The van der Waals surface area contributed by atoms with E-state index in [1.807, 2.05) is 30.3 Å². The van der Waals surface area contributed by atoms with Gasteiger partial charge in [0.05, 0.1) is 21.4 Å². The Bertz CT molecular complexity index is 1680. The largest absolute Gasteiger partial charge is 0.508 e. The first-order chi connectivity index (χ1) is 20.0. The number of hydrogen-bond acceptors (Lipinski definition) is 9. The Kier molecular flexibility index (Phi) is 9.76.